The van der Waals surface area contributed by atoms with Crippen molar-refractivity contribution in [2.24, 2.45) is 17.4 Å². The van der Waals surface area contributed by atoms with Gasteiger partial charge in [0.05, 0.1) is 0 Å². The van der Waals surface area contributed by atoms with Gasteiger partial charge in [0.1, 0.15) is 0 Å². The maximum Gasteiger partial charge on any atom is -0.000672 e. The van der Waals surface area contributed by atoms with E-state index in [1.165, 1.54) is 38.9 Å². The lowest BCUT2D eigenvalue weighted by atomic mass is 10.4. The molecule has 4 heteroatoms. The summed E-state index contributed by atoms with van der Waals surface area (Å²) in [7, 11) is 0. The van der Waals surface area contributed by atoms with Gasteiger partial charge in [0.25, 0.3) is 0 Å². The van der Waals surface area contributed by atoms with Crippen molar-refractivity contribution in [3.8, 4) is 0 Å². The Kier molecular flexibility index (Phi) is 7.83. The summed E-state index contributed by atoms with van der Waals surface area (Å²) in [5.74, 6) is 8.00. The SMILES string of the molecule is NCCCN1CCCC1.NN. The topological polar surface area (TPSA) is 81.3 Å². The molecule has 68 valence electrons. The van der Waals surface area contributed by atoms with Crippen molar-refractivity contribution >= 4 is 0 Å². The van der Waals surface area contributed by atoms with Crippen molar-refractivity contribution in [1.82, 2.24) is 4.90 Å². The molecule has 11 heavy (non-hydrogen) atoms. The molecular weight excluding hydrogens is 140 g/mol. The molecule has 1 heterocycles. The average molecular weight is 160 g/mol. The second-order valence-corrected chi connectivity index (χ2v) is 2.69. The van der Waals surface area contributed by atoms with Gasteiger partial charge >= 0.3 is 0 Å². The number of hydrazine groups is 1. The summed E-state index contributed by atoms with van der Waals surface area (Å²) >= 11 is 0. The molecule has 0 aromatic heterocycles. The van der Waals surface area contributed by atoms with Crippen molar-refractivity contribution in [2.45, 2.75) is 19.3 Å². The molecule has 4 nitrogen and oxygen atoms in total. The van der Waals surface area contributed by atoms with Gasteiger partial charge in [0.15, 0.2) is 0 Å². The molecule has 1 aliphatic rings. The molecule has 0 aromatic rings. The van der Waals surface area contributed by atoms with Gasteiger partial charge < -0.3 is 10.6 Å². The van der Waals surface area contributed by atoms with E-state index in [9.17, 15) is 0 Å². The highest BCUT2D eigenvalue weighted by molar-refractivity contribution is 4.65. The first kappa shape index (κ1) is 10.8. The number of hydrogen-bond acceptors (Lipinski definition) is 4. The Morgan fingerprint density at radius 3 is 2.09 bits per heavy atom. The normalized spacial score (nSPS) is 17.7. The highest BCUT2D eigenvalue weighted by Crippen LogP contribution is 2.06. The van der Waals surface area contributed by atoms with Crippen LogP contribution in [-0.4, -0.2) is 31.1 Å². The van der Waals surface area contributed by atoms with Crippen LogP contribution in [0.5, 0.6) is 0 Å². The molecule has 0 saturated carbocycles. The minimum atomic E-state index is 0.844. The van der Waals surface area contributed by atoms with Crippen LogP contribution in [0, 0.1) is 0 Å². The first-order chi connectivity index (χ1) is 5.43. The zero-order chi connectivity index (χ0) is 8.53. The van der Waals surface area contributed by atoms with Crippen LogP contribution in [0.1, 0.15) is 19.3 Å². The summed E-state index contributed by atoms with van der Waals surface area (Å²) in [5.41, 5.74) is 5.38. The average Bonchev–Trinajstić information content (AvgIpc) is 2.57. The standard InChI is InChI=1S/C7H16N2.H4N2/c8-4-3-7-9-5-1-2-6-9;1-2/h1-8H2;1-2H2. The van der Waals surface area contributed by atoms with Gasteiger partial charge in [-0.2, -0.15) is 0 Å². The molecule has 0 atom stereocenters. The summed E-state index contributed by atoms with van der Waals surface area (Å²) in [6, 6.07) is 0. The Morgan fingerprint density at radius 2 is 1.64 bits per heavy atom. The van der Waals surface area contributed by atoms with Crippen LogP contribution >= 0.6 is 0 Å². The van der Waals surface area contributed by atoms with Crippen molar-refractivity contribution in [2.75, 3.05) is 26.2 Å². The summed E-state index contributed by atoms with van der Waals surface area (Å²) in [6.07, 6.45) is 3.95. The van der Waals surface area contributed by atoms with Crippen molar-refractivity contribution in [3.05, 3.63) is 0 Å². The van der Waals surface area contributed by atoms with Crippen LogP contribution in [0.4, 0.5) is 0 Å². The van der Waals surface area contributed by atoms with Gasteiger partial charge in [-0.1, -0.05) is 0 Å². The predicted octanol–water partition coefficient (Wildman–Crippen LogP) is -0.750. The molecule has 0 spiro atoms. The van der Waals surface area contributed by atoms with Crippen LogP contribution in [0.3, 0.4) is 0 Å². The van der Waals surface area contributed by atoms with E-state index in [2.05, 4.69) is 16.6 Å². The van der Waals surface area contributed by atoms with Crippen molar-refractivity contribution in [1.29, 1.82) is 0 Å². The third kappa shape index (κ3) is 5.15. The summed E-state index contributed by atoms with van der Waals surface area (Å²) < 4.78 is 0. The maximum atomic E-state index is 5.38. The Hall–Kier alpha value is -0.160. The second kappa shape index (κ2) is 7.94. The number of rotatable bonds is 3. The molecule has 1 aliphatic heterocycles. The van der Waals surface area contributed by atoms with E-state index >= 15 is 0 Å². The maximum absolute atomic E-state index is 5.38. The third-order valence-corrected chi connectivity index (χ3v) is 1.88. The Bertz CT molecular complexity index is 70.8. The predicted molar refractivity (Wildman–Crippen MR) is 47.7 cm³/mol. The summed E-state index contributed by atoms with van der Waals surface area (Å²) in [5, 5.41) is 0. The van der Waals surface area contributed by atoms with E-state index in [0.717, 1.165) is 6.54 Å². The smallest absolute Gasteiger partial charge is 0.000672 e. The Morgan fingerprint density at radius 1 is 1.09 bits per heavy atom. The van der Waals surface area contributed by atoms with E-state index in [-0.39, 0.29) is 0 Å². The first-order valence-electron chi connectivity index (χ1n) is 4.19. The fraction of sp³-hybridized carbons (Fsp3) is 1.00. The lowest BCUT2D eigenvalue weighted by Crippen LogP contribution is -2.22. The lowest BCUT2D eigenvalue weighted by Gasteiger charge is -2.12. The molecule has 0 amide bonds. The number of nitrogens with zero attached hydrogens (tertiary/aromatic N) is 1. The number of nitrogens with two attached hydrogens (primary N) is 3. The van der Waals surface area contributed by atoms with Gasteiger partial charge in [-0.25, -0.2) is 0 Å². The molecule has 0 aliphatic carbocycles. The van der Waals surface area contributed by atoms with Crippen LogP contribution in [0.15, 0.2) is 0 Å². The van der Waals surface area contributed by atoms with Gasteiger partial charge in [-0.15, -0.1) is 0 Å². The van der Waals surface area contributed by atoms with Crippen LogP contribution in [0.2, 0.25) is 0 Å². The van der Waals surface area contributed by atoms with Crippen LogP contribution in [0.25, 0.3) is 0 Å². The second-order valence-electron chi connectivity index (χ2n) is 2.69. The quantitative estimate of drug-likeness (QED) is 0.375. The summed E-state index contributed by atoms with van der Waals surface area (Å²) in [4.78, 5) is 2.49. The van der Waals surface area contributed by atoms with E-state index in [0.29, 0.717) is 0 Å². The number of likely N-dealkylation sites (tertiary alicyclic amines) is 1. The van der Waals surface area contributed by atoms with Crippen molar-refractivity contribution in [3.63, 3.8) is 0 Å². The van der Waals surface area contributed by atoms with Crippen LogP contribution in [-0.2, 0) is 0 Å². The van der Waals surface area contributed by atoms with E-state index in [4.69, 9.17) is 5.73 Å². The zero-order valence-electron chi connectivity index (χ0n) is 7.13. The van der Waals surface area contributed by atoms with Gasteiger partial charge in [0.2, 0.25) is 0 Å². The molecule has 0 radical (unpaired) electrons. The fourth-order valence-corrected chi connectivity index (χ4v) is 1.32. The highest BCUT2D eigenvalue weighted by Gasteiger charge is 2.09. The molecular formula is C7H20N4. The van der Waals surface area contributed by atoms with E-state index in [1.807, 2.05) is 0 Å². The van der Waals surface area contributed by atoms with Gasteiger partial charge in [0, 0.05) is 0 Å². The van der Waals surface area contributed by atoms with E-state index in [1.54, 1.807) is 0 Å². The Labute approximate surface area is 68.7 Å². The molecule has 0 aromatic carbocycles. The first-order valence-corrected chi connectivity index (χ1v) is 4.19. The molecule has 1 rings (SSSR count). The molecule has 6 N–H and O–H groups in total. The minimum Gasteiger partial charge on any atom is -0.330 e. The minimum absolute atomic E-state index is 0.844. The fourth-order valence-electron chi connectivity index (χ4n) is 1.32. The highest BCUT2D eigenvalue weighted by atomic mass is 15.1. The van der Waals surface area contributed by atoms with E-state index < -0.39 is 0 Å². The molecule has 1 fully saturated rings. The van der Waals surface area contributed by atoms with Gasteiger partial charge in [-0.3, -0.25) is 11.7 Å². The number of hydrogen-bond donors (Lipinski definition) is 3. The molecule has 0 unspecified atom stereocenters. The molecule has 0 bridgehead atoms. The summed E-state index contributed by atoms with van der Waals surface area (Å²) in [6.45, 7) is 4.67. The lowest BCUT2D eigenvalue weighted by molar-refractivity contribution is 0.336. The Balaban J connectivity index is 0.000000461. The van der Waals surface area contributed by atoms with Crippen LogP contribution < -0.4 is 17.4 Å². The zero-order valence-corrected chi connectivity index (χ0v) is 7.13. The molecule has 1 saturated heterocycles. The third-order valence-electron chi connectivity index (χ3n) is 1.88. The largest absolute Gasteiger partial charge is 0.330 e. The monoisotopic (exact) mass is 160 g/mol. The van der Waals surface area contributed by atoms with Gasteiger partial charge in [-0.05, 0) is 45.4 Å². The van der Waals surface area contributed by atoms with Crippen molar-refractivity contribution < 1.29 is 0 Å².